The Kier molecular flexibility index (Phi) is 6.19. The van der Waals surface area contributed by atoms with Crippen molar-refractivity contribution in [3.63, 3.8) is 0 Å². The van der Waals surface area contributed by atoms with Crippen molar-refractivity contribution in [1.29, 1.82) is 0 Å². The topological polar surface area (TPSA) is 26.8 Å². The summed E-state index contributed by atoms with van der Waals surface area (Å²) in [6.07, 6.45) is 2.60. The maximum atomic E-state index is 12.0. The molecule has 4 nitrogen and oxygen atoms in total. The van der Waals surface area contributed by atoms with Crippen molar-refractivity contribution in [2.75, 3.05) is 52.6 Å². The first-order chi connectivity index (χ1) is 11.6. The fourth-order valence-corrected chi connectivity index (χ4v) is 4.72. The molecule has 0 aromatic heterocycles. The predicted octanol–water partition coefficient (Wildman–Crippen LogP) is 2.26. The Morgan fingerprint density at radius 1 is 1.17 bits per heavy atom. The van der Waals surface area contributed by atoms with E-state index in [4.69, 9.17) is 0 Å². The Bertz CT molecular complexity index is 537. The van der Waals surface area contributed by atoms with Gasteiger partial charge in [-0.2, -0.15) is 0 Å². The molecule has 3 heterocycles. The zero-order valence-electron chi connectivity index (χ0n) is 14.9. The van der Waals surface area contributed by atoms with Crippen LogP contribution in [0.1, 0.15) is 12.8 Å². The van der Waals surface area contributed by atoms with Crippen LogP contribution in [0.25, 0.3) is 0 Å². The van der Waals surface area contributed by atoms with Gasteiger partial charge in [-0.3, -0.25) is 14.6 Å². The second-order valence-electron chi connectivity index (χ2n) is 7.24. The predicted molar refractivity (Wildman–Crippen MR) is 100 cm³/mol. The second kappa shape index (κ2) is 8.37. The first-order valence-corrected chi connectivity index (χ1v) is 9.95. The van der Waals surface area contributed by atoms with Crippen molar-refractivity contribution in [1.82, 2.24) is 14.7 Å². The summed E-state index contributed by atoms with van der Waals surface area (Å²) >= 11 is 1.95. The maximum Gasteiger partial charge on any atom is 0.236 e. The summed E-state index contributed by atoms with van der Waals surface area (Å²) in [7, 11) is 3.70. The number of likely N-dealkylation sites (N-methyl/N-ethyl adjacent to an activating group) is 1. The highest BCUT2D eigenvalue weighted by Crippen LogP contribution is 2.28. The molecule has 24 heavy (non-hydrogen) atoms. The largest absolute Gasteiger partial charge is 0.348 e. The summed E-state index contributed by atoms with van der Waals surface area (Å²) in [6.45, 7) is 5.06. The Morgan fingerprint density at radius 2 is 1.96 bits per heavy atom. The zero-order chi connectivity index (χ0) is 16.9. The van der Waals surface area contributed by atoms with Gasteiger partial charge in [0, 0.05) is 57.0 Å². The van der Waals surface area contributed by atoms with Crippen LogP contribution in [0.3, 0.4) is 0 Å². The van der Waals surface area contributed by atoms with Crippen LogP contribution in [0.2, 0.25) is 0 Å². The van der Waals surface area contributed by atoms with Gasteiger partial charge in [0.05, 0.1) is 6.54 Å². The first kappa shape index (κ1) is 17.8. The Hall–Kier alpha value is -1.04. The van der Waals surface area contributed by atoms with Crippen LogP contribution in [0.5, 0.6) is 0 Å². The van der Waals surface area contributed by atoms with Crippen LogP contribution in [-0.2, 0) is 4.79 Å². The maximum absolute atomic E-state index is 12.0. The van der Waals surface area contributed by atoms with Crippen LogP contribution < -0.4 is 0 Å². The highest BCUT2D eigenvalue weighted by molar-refractivity contribution is 7.99. The number of carbonyl (C=O) groups is 1. The SMILES string of the molecule is CN(C)C(=O)CN1C[C@@H]2CC[C@H](C1)N(CCSc1ccccc1)C2. The standard InChI is InChI=1S/C19H29N3OS/c1-20(2)19(23)15-21-12-16-8-9-17(14-21)22(13-16)10-11-24-18-6-4-3-5-7-18/h3-7,16-17H,8-15H2,1-2H3/t16-,17+/m0/s1. The van der Waals surface area contributed by atoms with Crippen LogP contribution in [-0.4, -0.2) is 79.2 Å². The average molecular weight is 348 g/mol. The number of fused-ring (bicyclic) bond motifs is 4. The molecular weight excluding hydrogens is 318 g/mol. The van der Waals surface area contributed by atoms with Crippen molar-refractivity contribution >= 4 is 17.7 Å². The number of benzene rings is 1. The Morgan fingerprint density at radius 3 is 2.71 bits per heavy atom. The minimum atomic E-state index is 0.225. The van der Waals surface area contributed by atoms with E-state index < -0.39 is 0 Å². The number of thioether (sulfide) groups is 1. The molecular formula is C19H29N3OS. The summed E-state index contributed by atoms with van der Waals surface area (Å²) in [5.41, 5.74) is 0. The normalized spacial score (nSPS) is 24.8. The molecule has 0 unspecified atom stereocenters. The van der Waals surface area contributed by atoms with Gasteiger partial charge < -0.3 is 4.90 Å². The lowest BCUT2D eigenvalue weighted by molar-refractivity contribution is -0.129. The second-order valence-corrected chi connectivity index (χ2v) is 8.40. The van der Waals surface area contributed by atoms with Crippen LogP contribution in [0.15, 0.2) is 35.2 Å². The molecule has 2 bridgehead atoms. The highest BCUT2D eigenvalue weighted by Gasteiger charge is 2.35. The Labute approximate surface area is 150 Å². The summed E-state index contributed by atoms with van der Waals surface area (Å²) in [6, 6.07) is 11.3. The molecule has 3 aliphatic rings. The fourth-order valence-electron chi connectivity index (χ4n) is 3.81. The molecule has 4 rings (SSSR count). The van der Waals surface area contributed by atoms with Gasteiger partial charge in [-0.1, -0.05) is 18.2 Å². The molecule has 0 spiro atoms. The number of hydrogen-bond donors (Lipinski definition) is 0. The molecule has 5 heteroatoms. The number of amides is 1. The minimum absolute atomic E-state index is 0.225. The molecule has 1 amide bonds. The van der Waals surface area contributed by atoms with Gasteiger partial charge in [0.25, 0.3) is 0 Å². The van der Waals surface area contributed by atoms with Crippen molar-refractivity contribution in [3.8, 4) is 0 Å². The van der Waals surface area contributed by atoms with E-state index in [9.17, 15) is 4.79 Å². The lowest BCUT2D eigenvalue weighted by Gasteiger charge is -2.36. The van der Waals surface area contributed by atoms with E-state index in [0.717, 1.165) is 31.3 Å². The van der Waals surface area contributed by atoms with Gasteiger partial charge in [0.15, 0.2) is 0 Å². The van der Waals surface area contributed by atoms with Gasteiger partial charge in [-0.05, 0) is 30.9 Å². The summed E-state index contributed by atoms with van der Waals surface area (Å²) in [5, 5.41) is 0. The molecule has 0 aliphatic carbocycles. The quantitative estimate of drug-likeness (QED) is 0.738. The third-order valence-corrected chi connectivity index (χ3v) is 6.14. The van der Waals surface area contributed by atoms with E-state index in [1.54, 1.807) is 4.90 Å². The monoisotopic (exact) mass is 347 g/mol. The third kappa shape index (κ3) is 4.74. The van der Waals surface area contributed by atoms with Gasteiger partial charge in [-0.25, -0.2) is 0 Å². The van der Waals surface area contributed by atoms with E-state index in [-0.39, 0.29) is 5.91 Å². The third-order valence-electron chi connectivity index (χ3n) is 5.15. The highest BCUT2D eigenvalue weighted by atomic mass is 32.2. The summed E-state index contributed by atoms with van der Waals surface area (Å²) in [5.74, 6) is 2.09. The lowest BCUT2D eigenvalue weighted by Crippen LogP contribution is -2.45. The fraction of sp³-hybridized carbons (Fsp3) is 0.632. The van der Waals surface area contributed by atoms with Crippen molar-refractivity contribution in [2.24, 2.45) is 5.92 Å². The number of carbonyl (C=O) groups excluding carboxylic acids is 1. The van der Waals surface area contributed by atoms with Crippen molar-refractivity contribution in [2.45, 2.75) is 23.8 Å². The molecule has 0 radical (unpaired) electrons. The van der Waals surface area contributed by atoms with E-state index in [1.807, 2.05) is 25.9 Å². The molecule has 0 N–H and O–H groups in total. The van der Waals surface area contributed by atoms with E-state index in [2.05, 4.69) is 40.1 Å². The summed E-state index contributed by atoms with van der Waals surface area (Å²) < 4.78 is 0. The summed E-state index contributed by atoms with van der Waals surface area (Å²) in [4.78, 5) is 20.2. The number of hydrogen-bond acceptors (Lipinski definition) is 4. The van der Waals surface area contributed by atoms with Crippen molar-refractivity contribution < 1.29 is 4.79 Å². The molecule has 3 fully saturated rings. The molecule has 2 atom stereocenters. The number of rotatable bonds is 6. The van der Waals surface area contributed by atoms with E-state index in [0.29, 0.717) is 12.6 Å². The number of piperidine rings is 1. The molecule has 3 aliphatic heterocycles. The molecule has 0 saturated carbocycles. The molecule has 1 aromatic carbocycles. The molecule has 132 valence electrons. The number of nitrogens with zero attached hydrogens (tertiary/aromatic N) is 3. The minimum Gasteiger partial charge on any atom is -0.348 e. The van der Waals surface area contributed by atoms with Gasteiger partial charge in [0.1, 0.15) is 0 Å². The first-order valence-electron chi connectivity index (χ1n) is 8.96. The van der Waals surface area contributed by atoms with Crippen LogP contribution in [0, 0.1) is 5.92 Å². The van der Waals surface area contributed by atoms with E-state index in [1.165, 1.54) is 24.3 Å². The van der Waals surface area contributed by atoms with E-state index >= 15 is 0 Å². The molecule has 3 saturated heterocycles. The molecule has 1 aromatic rings. The van der Waals surface area contributed by atoms with Crippen molar-refractivity contribution in [3.05, 3.63) is 30.3 Å². The van der Waals surface area contributed by atoms with Gasteiger partial charge in [0.2, 0.25) is 5.91 Å². The smallest absolute Gasteiger partial charge is 0.236 e. The average Bonchev–Trinajstić information content (AvgIpc) is 2.86. The van der Waals surface area contributed by atoms with Gasteiger partial charge in [-0.15, -0.1) is 11.8 Å². The Balaban J connectivity index is 1.51. The lowest BCUT2D eigenvalue weighted by atomic mass is 9.95. The van der Waals surface area contributed by atoms with Gasteiger partial charge >= 0.3 is 0 Å². The van der Waals surface area contributed by atoms with Crippen LogP contribution >= 0.6 is 11.8 Å². The van der Waals surface area contributed by atoms with Crippen LogP contribution in [0.4, 0.5) is 0 Å². The zero-order valence-corrected chi connectivity index (χ0v) is 15.7.